The Morgan fingerprint density at radius 2 is 1.79 bits per heavy atom. The van der Waals surface area contributed by atoms with E-state index in [1.54, 1.807) is 24.3 Å². The molecule has 0 aliphatic heterocycles. The Kier molecular flexibility index (Phi) is 7.27. The summed E-state index contributed by atoms with van der Waals surface area (Å²) in [5.41, 5.74) is 3.13. The molecular weight excluding hydrogens is 529 g/mol. The molecule has 194 valence electrons. The van der Waals surface area contributed by atoms with Crippen molar-refractivity contribution in [2.45, 2.75) is 16.5 Å². The number of benzene rings is 3. The molecule has 0 fully saturated rings. The quantitative estimate of drug-likeness (QED) is 0.261. The first-order chi connectivity index (χ1) is 18.3. The molecule has 0 amide bonds. The Morgan fingerprint density at radius 1 is 1.03 bits per heavy atom. The van der Waals surface area contributed by atoms with E-state index in [0.717, 1.165) is 12.2 Å². The molecule has 2 heterocycles. The predicted octanol–water partition coefficient (Wildman–Crippen LogP) is 4.72. The van der Waals surface area contributed by atoms with Crippen molar-refractivity contribution in [1.29, 1.82) is 0 Å². The Labute approximate surface area is 222 Å². The maximum atomic E-state index is 14.5. The summed E-state index contributed by atoms with van der Waals surface area (Å²) >= 11 is 1.44. The molecule has 0 bridgehead atoms. The molecule has 0 aliphatic carbocycles. The first kappa shape index (κ1) is 25.6. The van der Waals surface area contributed by atoms with Crippen molar-refractivity contribution in [1.82, 2.24) is 20.0 Å². The number of hydrogen-bond donors (Lipinski definition) is 1. The normalized spacial score (nSPS) is 11.6. The van der Waals surface area contributed by atoms with Gasteiger partial charge in [0, 0.05) is 11.3 Å². The Bertz CT molecular complexity index is 1670. The van der Waals surface area contributed by atoms with Gasteiger partial charge >= 0.3 is 0 Å². The number of primary sulfonamides is 1. The molecule has 38 heavy (non-hydrogen) atoms. The molecule has 0 radical (unpaired) electrons. The summed E-state index contributed by atoms with van der Waals surface area (Å²) < 4.78 is 50.3. The molecule has 0 saturated carbocycles. The van der Waals surface area contributed by atoms with Crippen LogP contribution < -0.4 is 9.88 Å². The van der Waals surface area contributed by atoms with Crippen LogP contribution in [-0.2, 0) is 16.4 Å². The fourth-order valence-electron chi connectivity index (χ4n) is 3.76. The van der Waals surface area contributed by atoms with Gasteiger partial charge in [-0.05, 0) is 60.5 Å². The van der Waals surface area contributed by atoms with Crippen LogP contribution in [0.1, 0.15) is 5.56 Å². The highest BCUT2D eigenvalue weighted by molar-refractivity contribution is 7.99. The number of halogens is 1. The highest BCUT2D eigenvalue weighted by Crippen LogP contribution is 2.32. The van der Waals surface area contributed by atoms with Gasteiger partial charge in [-0.1, -0.05) is 42.1 Å². The topological polar surface area (TPSA) is 126 Å². The van der Waals surface area contributed by atoms with E-state index in [9.17, 15) is 12.8 Å². The van der Waals surface area contributed by atoms with E-state index in [2.05, 4.69) is 27.4 Å². The summed E-state index contributed by atoms with van der Waals surface area (Å²) in [4.78, 5) is -0.0419. The average Bonchev–Trinajstić information content (AvgIpc) is 3.57. The number of rotatable bonds is 9. The van der Waals surface area contributed by atoms with Gasteiger partial charge in [0.25, 0.3) is 11.1 Å². The van der Waals surface area contributed by atoms with Crippen molar-refractivity contribution in [3.05, 3.63) is 90.2 Å². The van der Waals surface area contributed by atoms with Gasteiger partial charge in [0.05, 0.1) is 23.4 Å². The maximum Gasteiger partial charge on any atom is 0.276 e. The van der Waals surface area contributed by atoms with Crippen molar-refractivity contribution >= 4 is 21.8 Å². The van der Waals surface area contributed by atoms with Crippen LogP contribution in [0.4, 0.5) is 4.39 Å². The van der Waals surface area contributed by atoms with Gasteiger partial charge in [0.2, 0.25) is 10.0 Å². The molecule has 2 N–H and O–H groups in total. The monoisotopic (exact) mass is 551 g/mol. The van der Waals surface area contributed by atoms with E-state index in [4.69, 9.17) is 14.3 Å². The van der Waals surface area contributed by atoms with Crippen LogP contribution in [0.5, 0.6) is 5.75 Å². The lowest BCUT2D eigenvalue weighted by molar-refractivity contribution is 0.386. The zero-order valence-corrected chi connectivity index (χ0v) is 21.7. The molecule has 9 nitrogen and oxygen atoms in total. The van der Waals surface area contributed by atoms with Crippen LogP contribution in [0.25, 0.3) is 28.5 Å². The molecule has 5 aromatic rings. The van der Waals surface area contributed by atoms with E-state index >= 15 is 0 Å². The first-order valence-corrected chi connectivity index (χ1v) is 13.9. The van der Waals surface area contributed by atoms with Crippen LogP contribution in [0.3, 0.4) is 0 Å². The predicted molar refractivity (Wildman–Crippen MR) is 141 cm³/mol. The summed E-state index contributed by atoms with van der Waals surface area (Å²) in [7, 11) is -2.48. The lowest BCUT2D eigenvalue weighted by Gasteiger charge is -2.09. The second-order valence-electron chi connectivity index (χ2n) is 8.17. The molecule has 0 aliphatic rings. The molecule has 0 spiro atoms. The Hall–Kier alpha value is -4.00. The number of nitrogens with two attached hydrogens (primary N) is 1. The van der Waals surface area contributed by atoms with E-state index < -0.39 is 15.8 Å². The van der Waals surface area contributed by atoms with E-state index in [1.165, 1.54) is 53.4 Å². The second-order valence-corrected chi connectivity index (χ2v) is 10.8. The minimum Gasteiger partial charge on any atom is -0.494 e. The van der Waals surface area contributed by atoms with E-state index in [1.807, 2.05) is 18.2 Å². The van der Waals surface area contributed by atoms with Crippen molar-refractivity contribution in [3.63, 3.8) is 0 Å². The first-order valence-electron chi connectivity index (χ1n) is 11.4. The number of methoxy groups -OCH3 is 1. The van der Waals surface area contributed by atoms with Crippen molar-refractivity contribution < 1.29 is 22.0 Å². The average molecular weight is 552 g/mol. The van der Waals surface area contributed by atoms with Crippen molar-refractivity contribution in [3.8, 4) is 34.3 Å². The van der Waals surface area contributed by atoms with Crippen LogP contribution in [0.15, 0.2) is 93.4 Å². The largest absolute Gasteiger partial charge is 0.494 e. The zero-order valence-electron chi connectivity index (χ0n) is 20.1. The number of aryl methyl sites for hydroxylation is 1. The highest BCUT2D eigenvalue weighted by atomic mass is 32.2. The number of thioether (sulfide) groups is 1. The number of aromatic nitrogens is 4. The minimum absolute atomic E-state index is 0.0419. The third kappa shape index (κ3) is 5.62. The third-order valence-corrected chi connectivity index (χ3v) is 7.40. The van der Waals surface area contributed by atoms with Crippen LogP contribution >= 0.6 is 11.8 Å². The van der Waals surface area contributed by atoms with Gasteiger partial charge in [0.15, 0.2) is 17.3 Å². The van der Waals surface area contributed by atoms with Gasteiger partial charge in [-0.15, -0.1) is 10.2 Å². The highest BCUT2D eigenvalue weighted by Gasteiger charge is 2.19. The zero-order chi connectivity index (χ0) is 26.7. The van der Waals surface area contributed by atoms with Gasteiger partial charge in [-0.25, -0.2) is 22.6 Å². The summed E-state index contributed by atoms with van der Waals surface area (Å²) in [6.07, 6.45) is 0.847. The molecule has 2 aromatic heterocycles. The van der Waals surface area contributed by atoms with Crippen LogP contribution in [0.2, 0.25) is 0 Å². The summed E-state index contributed by atoms with van der Waals surface area (Å²) in [5.74, 6) is 0.514. The smallest absolute Gasteiger partial charge is 0.276 e. The standard InChI is InChI=1S/C26H22FN5O4S2/c1-35-24-12-7-18(15-21(24)27)23-16-22(31-32(23)19-8-10-20(11-9-19)38(28,33)34)25-29-30-26(36-25)37-14-13-17-5-3-2-4-6-17/h2-12,15-16H,13-14H2,1H3,(H2,28,33,34). The Morgan fingerprint density at radius 3 is 2.47 bits per heavy atom. The SMILES string of the molecule is COc1ccc(-c2cc(-c3nnc(SCCc4ccccc4)o3)nn2-c2ccc(S(N)(=O)=O)cc2)cc1F. The fourth-order valence-corrected chi connectivity index (χ4v) is 5.03. The summed E-state index contributed by atoms with van der Waals surface area (Å²) in [5, 5.41) is 18.5. The summed E-state index contributed by atoms with van der Waals surface area (Å²) in [6, 6.07) is 22.2. The molecule has 0 atom stereocenters. The molecule has 0 saturated heterocycles. The van der Waals surface area contributed by atoms with Crippen molar-refractivity contribution in [2.24, 2.45) is 5.14 Å². The number of hydrogen-bond acceptors (Lipinski definition) is 8. The molecule has 3 aromatic carbocycles. The lowest BCUT2D eigenvalue weighted by atomic mass is 10.1. The van der Waals surface area contributed by atoms with E-state index in [0.29, 0.717) is 27.9 Å². The number of ether oxygens (including phenoxy) is 1. The maximum absolute atomic E-state index is 14.5. The third-order valence-electron chi connectivity index (χ3n) is 5.65. The van der Waals surface area contributed by atoms with E-state index in [-0.39, 0.29) is 16.5 Å². The lowest BCUT2D eigenvalue weighted by Crippen LogP contribution is -2.12. The van der Waals surface area contributed by atoms with Gasteiger partial charge in [0.1, 0.15) is 0 Å². The van der Waals surface area contributed by atoms with Crippen molar-refractivity contribution in [2.75, 3.05) is 12.9 Å². The molecule has 12 heteroatoms. The molecule has 0 unspecified atom stereocenters. The molecular formula is C26H22FN5O4S2. The van der Waals surface area contributed by atoms with Crippen LogP contribution in [-0.4, -0.2) is 41.3 Å². The number of nitrogens with zero attached hydrogens (tertiary/aromatic N) is 4. The van der Waals surface area contributed by atoms with Gasteiger partial charge < -0.3 is 9.15 Å². The fraction of sp³-hybridized carbons (Fsp3) is 0.115. The minimum atomic E-state index is -3.87. The summed E-state index contributed by atoms with van der Waals surface area (Å²) in [6.45, 7) is 0. The number of sulfonamides is 1. The Balaban J connectivity index is 1.47. The van der Waals surface area contributed by atoms with Gasteiger partial charge in [-0.2, -0.15) is 5.10 Å². The van der Waals surface area contributed by atoms with Gasteiger partial charge in [-0.3, -0.25) is 0 Å². The van der Waals surface area contributed by atoms with Crippen LogP contribution in [0, 0.1) is 5.82 Å². The molecule has 5 rings (SSSR count). The second kappa shape index (κ2) is 10.8.